The molecule has 2 aromatic carbocycles. The number of amides is 1. The Kier molecular flexibility index (Phi) is 6.72. The molecular formula is C21H22ClN3O4. The van der Waals surface area contributed by atoms with Crippen molar-refractivity contribution in [2.75, 3.05) is 13.7 Å². The van der Waals surface area contributed by atoms with Crippen molar-refractivity contribution in [3.8, 4) is 23.0 Å². The summed E-state index contributed by atoms with van der Waals surface area (Å²) in [7, 11) is 1.55. The highest BCUT2D eigenvalue weighted by atomic mass is 35.5. The summed E-state index contributed by atoms with van der Waals surface area (Å²) in [5, 5.41) is 8.62. The van der Waals surface area contributed by atoms with Crippen LogP contribution in [0.1, 0.15) is 19.7 Å². The summed E-state index contributed by atoms with van der Waals surface area (Å²) >= 11 is 6.18. The van der Waals surface area contributed by atoms with Crippen molar-refractivity contribution in [3.05, 3.63) is 59.4 Å². The lowest BCUT2D eigenvalue weighted by Crippen LogP contribution is -2.39. The maximum Gasteiger partial charge on any atom is 0.261 e. The van der Waals surface area contributed by atoms with E-state index in [4.69, 9.17) is 25.5 Å². The number of para-hydroxylation sites is 2. The maximum absolute atomic E-state index is 12.7. The number of ether oxygens (including phenoxy) is 2. The number of halogens is 1. The van der Waals surface area contributed by atoms with Crippen LogP contribution in [0.2, 0.25) is 5.02 Å². The molecular weight excluding hydrogens is 394 g/mol. The second-order valence-electron chi connectivity index (χ2n) is 6.54. The number of aromatic nitrogens is 2. The van der Waals surface area contributed by atoms with Crippen molar-refractivity contribution in [1.29, 1.82) is 0 Å². The number of nitrogens with zero attached hydrogens (tertiary/aromatic N) is 3. The van der Waals surface area contributed by atoms with Gasteiger partial charge in [0.15, 0.2) is 18.1 Å². The van der Waals surface area contributed by atoms with Gasteiger partial charge in [0, 0.05) is 6.04 Å². The summed E-state index contributed by atoms with van der Waals surface area (Å²) in [4.78, 5) is 14.4. The average molecular weight is 416 g/mol. The van der Waals surface area contributed by atoms with Gasteiger partial charge in [0.05, 0.1) is 24.2 Å². The highest BCUT2D eigenvalue weighted by Gasteiger charge is 2.22. The minimum absolute atomic E-state index is 0.0839. The van der Waals surface area contributed by atoms with Crippen molar-refractivity contribution in [1.82, 2.24) is 15.1 Å². The normalized spacial score (nSPS) is 10.8. The van der Waals surface area contributed by atoms with E-state index in [-0.39, 0.29) is 25.1 Å². The molecule has 0 aliphatic heterocycles. The summed E-state index contributed by atoms with van der Waals surface area (Å²) in [6.07, 6.45) is 0. The van der Waals surface area contributed by atoms with Crippen LogP contribution in [0.3, 0.4) is 0 Å². The van der Waals surface area contributed by atoms with Gasteiger partial charge in [0.25, 0.3) is 5.91 Å². The summed E-state index contributed by atoms with van der Waals surface area (Å²) < 4.78 is 16.6. The number of hydrogen-bond donors (Lipinski definition) is 0. The molecule has 3 rings (SSSR count). The van der Waals surface area contributed by atoms with Gasteiger partial charge in [-0.1, -0.05) is 35.9 Å². The van der Waals surface area contributed by atoms with E-state index in [2.05, 4.69) is 10.2 Å². The Labute approximate surface area is 174 Å². The molecule has 0 atom stereocenters. The van der Waals surface area contributed by atoms with Crippen molar-refractivity contribution >= 4 is 17.5 Å². The van der Waals surface area contributed by atoms with Gasteiger partial charge in [-0.2, -0.15) is 0 Å². The Morgan fingerprint density at radius 2 is 1.79 bits per heavy atom. The van der Waals surface area contributed by atoms with E-state index in [9.17, 15) is 4.79 Å². The Bertz CT molecular complexity index is 974. The maximum atomic E-state index is 12.7. The van der Waals surface area contributed by atoms with Crippen molar-refractivity contribution in [3.63, 3.8) is 0 Å². The van der Waals surface area contributed by atoms with Gasteiger partial charge in [-0.3, -0.25) is 4.79 Å². The fourth-order valence-corrected chi connectivity index (χ4v) is 2.94. The molecule has 0 saturated heterocycles. The Balaban J connectivity index is 1.69. The summed E-state index contributed by atoms with van der Waals surface area (Å²) in [6, 6.07) is 14.3. The van der Waals surface area contributed by atoms with Gasteiger partial charge in [0.1, 0.15) is 0 Å². The zero-order valence-electron chi connectivity index (χ0n) is 16.5. The Morgan fingerprint density at radius 3 is 2.48 bits per heavy atom. The van der Waals surface area contributed by atoms with Crippen molar-refractivity contribution in [2.45, 2.75) is 26.4 Å². The molecule has 152 valence electrons. The van der Waals surface area contributed by atoms with Crippen LogP contribution in [0, 0.1) is 0 Å². The summed E-state index contributed by atoms with van der Waals surface area (Å²) in [5.74, 6) is 1.50. The molecule has 0 bridgehead atoms. The fourth-order valence-electron chi connectivity index (χ4n) is 2.73. The fraction of sp³-hybridized carbons (Fsp3) is 0.286. The van der Waals surface area contributed by atoms with Gasteiger partial charge >= 0.3 is 0 Å². The molecule has 1 heterocycles. The number of benzene rings is 2. The quantitative estimate of drug-likeness (QED) is 0.548. The molecule has 0 spiro atoms. The standard InChI is InChI=1S/C21H22ClN3O4/c1-14(2)25(20(26)13-28-18-11-7-6-10-17(18)27-3)12-19-23-24-21(29-19)15-8-4-5-9-16(15)22/h4-11,14H,12-13H2,1-3H3. The van der Waals surface area contributed by atoms with E-state index in [0.717, 1.165) is 0 Å². The Morgan fingerprint density at radius 1 is 1.10 bits per heavy atom. The number of methoxy groups -OCH3 is 1. The van der Waals surface area contributed by atoms with Crippen LogP contribution < -0.4 is 9.47 Å². The highest BCUT2D eigenvalue weighted by Crippen LogP contribution is 2.27. The molecule has 0 aliphatic carbocycles. The smallest absolute Gasteiger partial charge is 0.261 e. The third kappa shape index (κ3) is 5.06. The van der Waals surface area contributed by atoms with E-state index in [0.29, 0.717) is 33.9 Å². The number of hydrogen-bond acceptors (Lipinski definition) is 6. The minimum atomic E-state index is -0.205. The summed E-state index contributed by atoms with van der Waals surface area (Å²) in [5.41, 5.74) is 0.648. The highest BCUT2D eigenvalue weighted by molar-refractivity contribution is 6.33. The monoisotopic (exact) mass is 415 g/mol. The second-order valence-corrected chi connectivity index (χ2v) is 6.94. The van der Waals surface area contributed by atoms with E-state index >= 15 is 0 Å². The number of carbonyl (C=O) groups is 1. The van der Waals surface area contributed by atoms with Crippen LogP contribution in [0.5, 0.6) is 11.5 Å². The van der Waals surface area contributed by atoms with Gasteiger partial charge in [-0.05, 0) is 38.1 Å². The molecule has 1 aromatic heterocycles. The first-order chi connectivity index (χ1) is 14.0. The van der Waals surface area contributed by atoms with E-state index in [1.54, 1.807) is 36.3 Å². The van der Waals surface area contributed by atoms with Gasteiger partial charge < -0.3 is 18.8 Å². The van der Waals surface area contributed by atoms with Crippen LogP contribution in [0.25, 0.3) is 11.5 Å². The molecule has 0 unspecified atom stereocenters. The molecule has 3 aromatic rings. The van der Waals surface area contributed by atoms with Gasteiger partial charge in [-0.15, -0.1) is 10.2 Å². The molecule has 29 heavy (non-hydrogen) atoms. The molecule has 0 saturated carbocycles. The first-order valence-electron chi connectivity index (χ1n) is 9.12. The second kappa shape index (κ2) is 9.43. The average Bonchev–Trinajstić information content (AvgIpc) is 3.19. The van der Waals surface area contributed by atoms with Gasteiger partial charge in [0.2, 0.25) is 11.8 Å². The van der Waals surface area contributed by atoms with Crippen LogP contribution in [0.4, 0.5) is 0 Å². The van der Waals surface area contributed by atoms with E-state index in [1.165, 1.54) is 0 Å². The molecule has 1 amide bonds. The van der Waals surface area contributed by atoms with Crippen molar-refractivity contribution in [2.24, 2.45) is 0 Å². The zero-order valence-corrected chi connectivity index (χ0v) is 17.2. The van der Waals surface area contributed by atoms with E-state index < -0.39 is 0 Å². The molecule has 0 radical (unpaired) electrons. The lowest BCUT2D eigenvalue weighted by atomic mass is 10.2. The first-order valence-corrected chi connectivity index (χ1v) is 9.50. The Hall–Kier alpha value is -3.06. The largest absolute Gasteiger partial charge is 0.493 e. The first kappa shape index (κ1) is 20.7. The predicted molar refractivity (Wildman–Crippen MR) is 109 cm³/mol. The lowest BCUT2D eigenvalue weighted by molar-refractivity contribution is -0.136. The van der Waals surface area contributed by atoms with Crippen LogP contribution in [-0.4, -0.2) is 40.8 Å². The number of rotatable bonds is 8. The molecule has 7 nitrogen and oxygen atoms in total. The van der Waals surface area contributed by atoms with Crippen LogP contribution in [-0.2, 0) is 11.3 Å². The number of carbonyl (C=O) groups excluding carboxylic acids is 1. The topological polar surface area (TPSA) is 77.7 Å². The summed E-state index contributed by atoms with van der Waals surface area (Å²) in [6.45, 7) is 3.85. The third-order valence-electron chi connectivity index (χ3n) is 4.24. The molecule has 0 N–H and O–H groups in total. The molecule has 0 fully saturated rings. The third-order valence-corrected chi connectivity index (χ3v) is 4.57. The molecule has 8 heteroatoms. The van der Waals surface area contributed by atoms with Gasteiger partial charge in [-0.25, -0.2) is 0 Å². The zero-order chi connectivity index (χ0) is 20.8. The minimum Gasteiger partial charge on any atom is -0.493 e. The van der Waals surface area contributed by atoms with Crippen LogP contribution in [0.15, 0.2) is 52.9 Å². The lowest BCUT2D eigenvalue weighted by Gasteiger charge is -2.25. The predicted octanol–water partition coefficient (Wildman–Crippen LogP) is 4.21. The molecule has 0 aliphatic rings. The van der Waals surface area contributed by atoms with Crippen molar-refractivity contribution < 1.29 is 18.7 Å². The SMILES string of the molecule is COc1ccccc1OCC(=O)N(Cc1nnc(-c2ccccc2Cl)o1)C(C)C. The van der Waals surface area contributed by atoms with Crippen LogP contribution >= 0.6 is 11.6 Å². The van der Waals surface area contributed by atoms with E-state index in [1.807, 2.05) is 38.1 Å².